The number of rotatable bonds is 2. The van der Waals surface area contributed by atoms with E-state index in [1.807, 2.05) is 18.5 Å². The van der Waals surface area contributed by atoms with Gasteiger partial charge in [0.1, 0.15) is 0 Å². The second-order valence-electron chi connectivity index (χ2n) is 5.50. The van der Waals surface area contributed by atoms with Crippen molar-refractivity contribution in [2.45, 2.75) is 37.1 Å². The highest BCUT2D eigenvalue weighted by atomic mass is 16.5. The van der Waals surface area contributed by atoms with Gasteiger partial charge in [-0.25, -0.2) is 0 Å². The van der Waals surface area contributed by atoms with Crippen LogP contribution in [0.3, 0.4) is 0 Å². The topological polar surface area (TPSA) is 48.1 Å². The zero-order chi connectivity index (χ0) is 11.7. The van der Waals surface area contributed by atoms with Gasteiger partial charge in [-0.2, -0.15) is 0 Å². The quantitative estimate of drug-likeness (QED) is 0.846. The summed E-state index contributed by atoms with van der Waals surface area (Å²) in [4.78, 5) is 4.26. The normalized spacial score (nSPS) is 31.8. The molecule has 0 bridgehead atoms. The lowest BCUT2D eigenvalue weighted by molar-refractivity contribution is -0.0985. The lowest BCUT2D eigenvalue weighted by Gasteiger charge is -2.49. The average Bonchev–Trinajstić information content (AvgIpc) is 2.32. The molecule has 2 aliphatic rings. The van der Waals surface area contributed by atoms with Crippen LogP contribution < -0.4 is 5.73 Å². The maximum absolute atomic E-state index is 5.99. The van der Waals surface area contributed by atoms with Crippen LogP contribution in [0.4, 0.5) is 0 Å². The summed E-state index contributed by atoms with van der Waals surface area (Å²) < 4.78 is 5.51. The number of nitrogens with zero attached hydrogens (tertiary/aromatic N) is 1. The first-order valence-electron chi connectivity index (χ1n) is 6.55. The molecule has 1 saturated carbocycles. The summed E-state index contributed by atoms with van der Waals surface area (Å²) in [5.41, 5.74) is 7.58. The molecule has 2 N–H and O–H groups in total. The maximum atomic E-state index is 5.99. The van der Waals surface area contributed by atoms with E-state index in [0.29, 0.717) is 6.04 Å². The van der Waals surface area contributed by atoms with Crippen molar-refractivity contribution in [2.75, 3.05) is 13.2 Å². The molecular weight excluding hydrogens is 212 g/mol. The fourth-order valence-corrected chi connectivity index (χ4v) is 3.29. The highest BCUT2D eigenvalue weighted by molar-refractivity contribution is 5.26. The molecule has 0 amide bonds. The van der Waals surface area contributed by atoms with E-state index >= 15 is 0 Å². The van der Waals surface area contributed by atoms with Gasteiger partial charge in [0, 0.05) is 23.9 Å². The van der Waals surface area contributed by atoms with Crippen LogP contribution in [0, 0.1) is 5.92 Å². The minimum atomic E-state index is 0.231. The van der Waals surface area contributed by atoms with Crippen LogP contribution in [0.5, 0.6) is 0 Å². The van der Waals surface area contributed by atoms with Gasteiger partial charge < -0.3 is 10.5 Å². The Morgan fingerprint density at radius 1 is 1.24 bits per heavy atom. The van der Waals surface area contributed by atoms with E-state index < -0.39 is 0 Å². The molecule has 0 atom stereocenters. The number of nitrogens with two attached hydrogens (primary N) is 1. The molecule has 1 aliphatic heterocycles. The van der Waals surface area contributed by atoms with Crippen LogP contribution in [0.1, 0.15) is 31.2 Å². The summed E-state index contributed by atoms with van der Waals surface area (Å²) in [5.74, 6) is 0.722. The molecule has 2 fully saturated rings. The number of hydrogen-bond acceptors (Lipinski definition) is 3. The number of hydrogen-bond donors (Lipinski definition) is 1. The van der Waals surface area contributed by atoms with Crippen molar-refractivity contribution in [3.63, 3.8) is 0 Å². The van der Waals surface area contributed by atoms with Crippen LogP contribution in [-0.2, 0) is 10.2 Å². The molecular formula is C14H20N2O. The number of pyridine rings is 1. The van der Waals surface area contributed by atoms with E-state index in [-0.39, 0.29) is 5.41 Å². The first-order chi connectivity index (χ1) is 8.31. The van der Waals surface area contributed by atoms with Crippen LogP contribution in [-0.4, -0.2) is 24.2 Å². The summed E-state index contributed by atoms with van der Waals surface area (Å²) in [6.07, 6.45) is 8.64. The molecule has 3 nitrogen and oxygen atoms in total. The Balaban J connectivity index is 1.83. The third-order valence-electron chi connectivity index (χ3n) is 4.51. The summed E-state index contributed by atoms with van der Waals surface area (Å²) in [5, 5.41) is 0. The predicted molar refractivity (Wildman–Crippen MR) is 66.7 cm³/mol. The van der Waals surface area contributed by atoms with Gasteiger partial charge >= 0.3 is 0 Å². The molecule has 92 valence electrons. The van der Waals surface area contributed by atoms with Crippen molar-refractivity contribution in [2.24, 2.45) is 11.7 Å². The minimum absolute atomic E-state index is 0.231. The van der Waals surface area contributed by atoms with E-state index in [9.17, 15) is 0 Å². The predicted octanol–water partition coefficient (Wildman–Crippen LogP) is 1.87. The Hall–Kier alpha value is -0.930. The van der Waals surface area contributed by atoms with Gasteiger partial charge in [-0.05, 0) is 43.2 Å². The first-order valence-corrected chi connectivity index (χ1v) is 6.55. The van der Waals surface area contributed by atoms with Crippen LogP contribution in [0.15, 0.2) is 24.5 Å². The Morgan fingerprint density at radius 2 is 2.00 bits per heavy atom. The fourth-order valence-electron chi connectivity index (χ4n) is 3.29. The molecule has 1 aromatic rings. The van der Waals surface area contributed by atoms with E-state index in [2.05, 4.69) is 11.1 Å². The zero-order valence-corrected chi connectivity index (χ0v) is 10.1. The van der Waals surface area contributed by atoms with Crippen LogP contribution in [0.2, 0.25) is 0 Å². The third-order valence-corrected chi connectivity index (χ3v) is 4.51. The highest BCUT2D eigenvalue weighted by Crippen LogP contribution is 2.45. The Morgan fingerprint density at radius 3 is 2.53 bits per heavy atom. The molecule has 3 heteroatoms. The zero-order valence-electron chi connectivity index (χ0n) is 10.1. The van der Waals surface area contributed by atoms with E-state index in [4.69, 9.17) is 10.5 Å². The average molecular weight is 232 g/mol. The summed E-state index contributed by atoms with van der Waals surface area (Å²) in [6, 6.07) is 4.65. The molecule has 0 spiro atoms. The second-order valence-corrected chi connectivity index (χ2v) is 5.50. The number of ether oxygens (including phenoxy) is 1. The van der Waals surface area contributed by atoms with E-state index in [0.717, 1.165) is 32.0 Å². The molecule has 0 unspecified atom stereocenters. The summed E-state index contributed by atoms with van der Waals surface area (Å²) in [6.45, 7) is 1.72. The standard InChI is InChI=1S/C14H20N2O/c15-13-5-3-11(4-6-13)14(9-17-10-14)12-2-1-7-16-8-12/h1-2,7-8,11,13H,3-6,9-10,15H2. The molecule has 1 saturated heterocycles. The smallest absolute Gasteiger partial charge is 0.0588 e. The third kappa shape index (κ3) is 1.87. The van der Waals surface area contributed by atoms with Crippen molar-refractivity contribution in [3.8, 4) is 0 Å². The lowest BCUT2D eigenvalue weighted by Crippen LogP contribution is -2.53. The van der Waals surface area contributed by atoms with Gasteiger partial charge in [0.05, 0.1) is 13.2 Å². The highest BCUT2D eigenvalue weighted by Gasteiger charge is 2.47. The van der Waals surface area contributed by atoms with Gasteiger partial charge in [0.2, 0.25) is 0 Å². The molecule has 0 radical (unpaired) electrons. The van der Waals surface area contributed by atoms with Gasteiger partial charge in [0.15, 0.2) is 0 Å². The second kappa shape index (κ2) is 4.39. The molecule has 17 heavy (non-hydrogen) atoms. The molecule has 3 rings (SSSR count). The van der Waals surface area contributed by atoms with Gasteiger partial charge in [-0.3, -0.25) is 4.98 Å². The van der Waals surface area contributed by atoms with Crippen LogP contribution >= 0.6 is 0 Å². The Labute approximate surface area is 102 Å². The first kappa shape index (κ1) is 11.2. The Bertz CT molecular complexity index is 367. The van der Waals surface area contributed by atoms with Crippen molar-refractivity contribution in [1.82, 2.24) is 4.98 Å². The SMILES string of the molecule is NC1CCC(C2(c3cccnc3)COC2)CC1. The van der Waals surface area contributed by atoms with Gasteiger partial charge in [-0.15, -0.1) is 0 Å². The van der Waals surface area contributed by atoms with Gasteiger partial charge in [0.25, 0.3) is 0 Å². The monoisotopic (exact) mass is 232 g/mol. The van der Waals surface area contributed by atoms with E-state index in [1.54, 1.807) is 0 Å². The fraction of sp³-hybridized carbons (Fsp3) is 0.643. The van der Waals surface area contributed by atoms with Crippen molar-refractivity contribution in [3.05, 3.63) is 30.1 Å². The van der Waals surface area contributed by atoms with Gasteiger partial charge in [-0.1, -0.05) is 6.07 Å². The molecule has 1 aromatic heterocycles. The lowest BCUT2D eigenvalue weighted by atomic mass is 9.63. The summed E-state index contributed by atoms with van der Waals surface area (Å²) in [7, 11) is 0. The largest absolute Gasteiger partial charge is 0.379 e. The van der Waals surface area contributed by atoms with E-state index in [1.165, 1.54) is 18.4 Å². The van der Waals surface area contributed by atoms with Crippen molar-refractivity contribution in [1.29, 1.82) is 0 Å². The number of aromatic nitrogens is 1. The van der Waals surface area contributed by atoms with Crippen molar-refractivity contribution < 1.29 is 4.74 Å². The van der Waals surface area contributed by atoms with Crippen molar-refractivity contribution >= 4 is 0 Å². The Kier molecular flexibility index (Phi) is 2.89. The molecule has 0 aromatic carbocycles. The molecule has 2 heterocycles. The molecule has 1 aliphatic carbocycles. The van der Waals surface area contributed by atoms with Crippen LogP contribution in [0.25, 0.3) is 0 Å². The summed E-state index contributed by atoms with van der Waals surface area (Å²) >= 11 is 0. The maximum Gasteiger partial charge on any atom is 0.0588 e. The minimum Gasteiger partial charge on any atom is -0.379 e.